The summed E-state index contributed by atoms with van der Waals surface area (Å²) in [6, 6.07) is 3.92. The summed E-state index contributed by atoms with van der Waals surface area (Å²) in [5, 5.41) is 4.24. The predicted octanol–water partition coefficient (Wildman–Crippen LogP) is 0.953. The molecular weight excluding hydrogens is 280 g/mol. The van der Waals surface area contributed by atoms with Gasteiger partial charge in [-0.25, -0.2) is 4.98 Å². The van der Waals surface area contributed by atoms with Crippen LogP contribution in [0.3, 0.4) is 0 Å². The molecule has 2 aromatic heterocycles. The van der Waals surface area contributed by atoms with Crippen molar-refractivity contribution in [1.29, 1.82) is 0 Å². The van der Waals surface area contributed by atoms with Crippen LogP contribution in [0.25, 0.3) is 0 Å². The summed E-state index contributed by atoms with van der Waals surface area (Å²) in [7, 11) is 3.98. The van der Waals surface area contributed by atoms with Crippen molar-refractivity contribution in [2.45, 2.75) is 19.6 Å². The lowest BCUT2D eigenvalue weighted by Crippen LogP contribution is -2.45. The molecule has 0 N–H and O–H groups in total. The maximum atomic E-state index is 5.84. The van der Waals surface area contributed by atoms with E-state index in [1.54, 1.807) is 6.20 Å². The van der Waals surface area contributed by atoms with Gasteiger partial charge in [-0.05, 0) is 13.0 Å². The quantitative estimate of drug-likeness (QED) is 0.838. The Hall–Kier alpha value is -2.15. The summed E-state index contributed by atoms with van der Waals surface area (Å²) >= 11 is 0. The van der Waals surface area contributed by atoms with E-state index in [2.05, 4.69) is 20.0 Å². The van der Waals surface area contributed by atoms with E-state index in [1.807, 2.05) is 48.9 Å². The first-order chi connectivity index (χ1) is 10.6. The van der Waals surface area contributed by atoms with Gasteiger partial charge in [-0.3, -0.25) is 4.68 Å². The molecule has 7 heteroatoms. The lowest BCUT2D eigenvalue weighted by atomic mass is 10.3. The summed E-state index contributed by atoms with van der Waals surface area (Å²) in [6.45, 7) is 5.01. The van der Waals surface area contributed by atoms with Gasteiger partial charge >= 0.3 is 0 Å². The number of anilines is 2. The van der Waals surface area contributed by atoms with Crippen LogP contribution in [0.4, 0.5) is 11.8 Å². The van der Waals surface area contributed by atoms with Crippen molar-refractivity contribution in [3.8, 4) is 0 Å². The Morgan fingerprint density at radius 2 is 2.23 bits per heavy atom. The number of nitrogens with zero attached hydrogens (tertiary/aromatic N) is 6. The fourth-order valence-electron chi connectivity index (χ4n) is 2.54. The standard InChI is InChI=1S/C15H22N6O/c1-12-9-14(19(2)3)18-15(17-12)20-7-8-22-13(10-20)11-21-6-4-5-16-21/h4-6,9,13H,7-8,10-11H2,1-3H3/t13-/m1/s1. The normalized spacial score (nSPS) is 18.5. The fourth-order valence-corrected chi connectivity index (χ4v) is 2.54. The first-order valence-corrected chi connectivity index (χ1v) is 7.49. The molecule has 7 nitrogen and oxygen atoms in total. The molecule has 3 heterocycles. The highest BCUT2D eigenvalue weighted by molar-refractivity contribution is 5.45. The first kappa shape index (κ1) is 14.8. The van der Waals surface area contributed by atoms with Gasteiger partial charge in [0.1, 0.15) is 5.82 Å². The van der Waals surface area contributed by atoms with E-state index in [0.717, 1.165) is 37.1 Å². The number of morpholine rings is 1. The SMILES string of the molecule is Cc1cc(N(C)C)nc(N2CCO[C@@H](Cn3cccn3)C2)n1. The largest absolute Gasteiger partial charge is 0.373 e. The summed E-state index contributed by atoms with van der Waals surface area (Å²) in [5.41, 5.74) is 0.976. The monoisotopic (exact) mass is 302 g/mol. The number of ether oxygens (including phenoxy) is 1. The fraction of sp³-hybridized carbons (Fsp3) is 0.533. The number of aromatic nitrogens is 4. The van der Waals surface area contributed by atoms with Crippen molar-refractivity contribution in [3.05, 3.63) is 30.2 Å². The zero-order chi connectivity index (χ0) is 15.5. The highest BCUT2D eigenvalue weighted by Gasteiger charge is 2.23. The van der Waals surface area contributed by atoms with E-state index in [1.165, 1.54) is 0 Å². The van der Waals surface area contributed by atoms with Gasteiger partial charge in [0.25, 0.3) is 0 Å². The van der Waals surface area contributed by atoms with Crippen molar-refractivity contribution in [2.75, 3.05) is 43.6 Å². The zero-order valence-corrected chi connectivity index (χ0v) is 13.3. The van der Waals surface area contributed by atoms with Gasteiger partial charge in [0.15, 0.2) is 0 Å². The van der Waals surface area contributed by atoms with Crippen molar-refractivity contribution in [2.24, 2.45) is 0 Å². The number of hydrogen-bond acceptors (Lipinski definition) is 6. The van der Waals surface area contributed by atoms with Crippen LogP contribution in [-0.2, 0) is 11.3 Å². The average molecular weight is 302 g/mol. The van der Waals surface area contributed by atoms with Crippen LogP contribution in [0.15, 0.2) is 24.5 Å². The molecule has 0 bridgehead atoms. The van der Waals surface area contributed by atoms with Gasteiger partial charge in [-0.2, -0.15) is 10.1 Å². The minimum absolute atomic E-state index is 0.0977. The Morgan fingerprint density at radius 1 is 1.36 bits per heavy atom. The van der Waals surface area contributed by atoms with Gasteiger partial charge in [-0.1, -0.05) is 0 Å². The molecule has 1 atom stereocenters. The molecule has 0 aliphatic carbocycles. The molecule has 0 amide bonds. The van der Waals surface area contributed by atoms with E-state index in [4.69, 9.17) is 4.74 Å². The Bertz CT molecular complexity index is 613. The van der Waals surface area contributed by atoms with Crippen molar-refractivity contribution in [1.82, 2.24) is 19.7 Å². The van der Waals surface area contributed by atoms with Gasteiger partial charge in [-0.15, -0.1) is 0 Å². The Balaban J connectivity index is 1.74. The Morgan fingerprint density at radius 3 is 2.95 bits per heavy atom. The second-order valence-corrected chi connectivity index (χ2v) is 5.73. The molecule has 22 heavy (non-hydrogen) atoms. The zero-order valence-electron chi connectivity index (χ0n) is 13.3. The number of aryl methyl sites for hydroxylation is 1. The Kier molecular flexibility index (Phi) is 4.24. The maximum absolute atomic E-state index is 5.84. The van der Waals surface area contributed by atoms with Gasteiger partial charge in [0.2, 0.25) is 5.95 Å². The molecule has 1 aliphatic heterocycles. The van der Waals surface area contributed by atoms with Crippen molar-refractivity contribution < 1.29 is 4.74 Å². The summed E-state index contributed by atoms with van der Waals surface area (Å²) in [4.78, 5) is 13.4. The van der Waals surface area contributed by atoms with Crippen LogP contribution in [0.5, 0.6) is 0 Å². The molecule has 1 saturated heterocycles. The third-order valence-corrected chi connectivity index (χ3v) is 3.66. The smallest absolute Gasteiger partial charge is 0.227 e. The van der Waals surface area contributed by atoms with E-state index in [0.29, 0.717) is 6.61 Å². The molecule has 0 spiro atoms. The second-order valence-electron chi connectivity index (χ2n) is 5.73. The Labute approximate surface area is 130 Å². The molecule has 3 rings (SSSR count). The molecule has 0 radical (unpaired) electrons. The summed E-state index contributed by atoms with van der Waals surface area (Å²) in [5.74, 6) is 1.70. The highest BCUT2D eigenvalue weighted by Crippen LogP contribution is 2.18. The van der Waals surface area contributed by atoms with Crippen LogP contribution >= 0.6 is 0 Å². The average Bonchev–Trinajstić information content (AvgIpc) is 3.00. The molecule has 0 unspecified atom stereocenters. The highest BCUT2D eigenvalue weighted by atomic mass is 16.5. The summed E-state index contributed by atoms with van der Waals surface area (Å²) < 4.78 is 7.74. The van der Waals surface area contributed by atoms with E-state index >= 15 is 0 Å². The molecule has 118 valence electrons. The third kappa shape index (κ3) is 3.36. The number of hydrogen-bond donors (Lipinski definition) is 0. The minimum Gasteiger partial charge on any atom is -0.373 e. The van der Waals surface area contributed by atoms with Crippen LogP contribution in [-0.4, -0.2) is 59.6 Å². The summed E-state index contributed by atoms with van der Waals surface area (Å²) in [6.07, 6.45) is 3.84. The molecule has 1 aliphatic rings. The molecule has 0 saturated carbocycles. The molecular formula is C15H22N6O. The van der Waals surface area contributed by atoms with Crippen molar-refractivity contribution in [3.63, 3.8) is 0 Å². The van der Waals surface area contributed by atoms with Crippen LogP contribution in [0.2, 0.25) is 0 Å². The molecule has 2 aromatic rings. The van der Waals surface area contributed by atoms with Gasteiger partial charge in [0.05, 0.1) is 19.3 Å². The maximum Gasteiger partial charge on any atom is 0.227 e. The number of rotatable bonds is 4. The van der Waals surface area contributed by atoms with E-state index in [-0.39, 0.29) is 6.10 Å². The lowest BCUT2D eigenvalue weighted by Gasteiger charge is -2.33. The van der Waals surface area contributed by atoms with Crippen LogP contribution in [0.1, 0.15) is 5.69 Å². The minimum atomic E-state index is 0.0977. The van der Waals surface area contributed by atoms with E-state index < -0.39 is 0 Å². The van der Waals surface area contributed by atoms with Crippen LogP contribution < -0.4 is 9.80 Å². The topological polar surface area (TPSA) is 59.3 Å². The van der Waals surface area contributed by atoms with Crippen LogP contribution in [0, 0.1) is 6.92 Å². The predicted molar refractivity (Wildman–Crippen MR) is 85.3 cm³/mol. The molecule has 1 fully saturated rings. The third-order valence-electron chi connectivity index (χ3n) is 3.66. The van der Waals surface area contributed by atoms with Gasteiger partial charge in [0, 0.05) is 51.3 Å². The molecule has 0 aromatic carbocycles. The van der Waals surface area contributed by atoms with Gasteiger partial charge < -0.3 is 14.5 Å². The van der Waals surface area contributed by atoms with E-state index in [9.17, 15) is 0 Å². The van der Waals surface area contributed by atoms with Crippen molar-refractivity contribution >= 4 is 11.8 Å². The lowest BCUT2D eigenvalue weighted by molar-refractivity contribution is 0.0269. The first-order valence-electron chi connectivity index (χ1n) is 7.49. The second kappa shape index (κ2) is 6.31.